The summed E-state index contributed by atoms with van der Waals surface area (Å²) in [5, 5.41) is 15.1. The molecule has 1 amide bonds. The molecule has 2 atom stereocenters. The Bertz CT molecular complexity index is 310. The number of nitrogens with one attached hydrogen (secondary N) is 2. The third-order valence-corrected chi connectivity index (χ3v) is 3.21. The van der Waals surface area contributed by atoms with Crippen LogP contribution in [0.4, 0.5) is 0 Å². The van der Waals surface area contributed by atoms with Crippen LogP contribution in [0.2, 0.25) is 0 Å². The van der Waals surface area contributed by atoms with Crippen molar-refractivity contribution < 1.29 is 14.7 Å². The molecule has 0 saturated heterocycles. The molecule has 0 radical (unpaired) electrons. The van der Waals surface area contributed by atoms with E-state index < -0.39 is 11.9 Å². The first-order chi connectivity index (χ1) is 8.29. The zero-order chi connectivity index (χ0) is 13.8. The van der Waals surface area contributed by atoms with E-state index in [1.165, 1.54) is 0 Å². The summed E-state index contributed by atoms with van der Waals surface area (Å²) in [6.07, 6.45) is 3.34. The van der Waals surface area contributed by atoms with Crippen LogP contribution in [0.1, 0.15) is 46.5 Å². The molecular formula is C13H24N2O3. The van der Waals surface area contributed by atoms with Gasteiger partial charge >= 0.3 is 5.97 Å². The summed E-state index contributed by atoms with van der Waals surface area (Å²) in [6.45, 7) is 6.19. The molecule has 0 aromatic heterocycles. The average Bonchev–Trinajstić information content (AvgIpc) is 2.26. The Balaban J connectivity index is 2.44. The second-order valence-corrected chi connectivity index (χ2v) is 6.01. The van der Waals surface area contributed by atoms with Crippen molar-refractivity contribution in [3.05, 3.63) is 0 Å². The van der Waals surface area contributed by atoms with Crippen LogP contribution < -0.4 is 10.6 Å². The van der Waals surface area contributed by atoms with Gasteiger partial charge < -0.3 is 15.7 Å². The number of hydrogen-bond donors (Lipinski definition) is 3. The number of carbonyl (C=O) groups is 2. The molecule has 1 aliphatic rings. The molecule has 0 aromatic rings. The lowest BCUT2D eigenvalue weighted by Crippen LogP contribution is -2.50. The van der Waals surface area contributed by atoms with E-state index in [1.807, 2.05) is 20.8 Å². The normalized spacial score (nSPS) is 24.6. The molecular weight excluding hydrogens is 232 g/mol. The Labute approximate surface area is 108 Å². The molecule has 5 nitrogen and oxygen atoms in total. The molecule has 1 saturated carbocycles. The molecule has 0 bridgehead atoms. The lowest BCUT2D eigenvalue weighted by Gasteiger charge is -2.30. The van der Waals surface area contributed by atoms with Gasteiger partial charge in [-0.15, -0.1) is 0 Å². The number of aliphatic carboxylic acids is 1. The van der Waals surface area contributed by atoms with Crippen molar-refractivity contribution in [1.82, 2.24) is 10.6 Å². The molecule has 0 aliphatic heterocycles. The number of rotatable bonds is 4. The Hall–Kier alpha value is -1.10. The topological polar surface area (TPSA) is 78.4 Å². The molecule has 1 rings (SSSR count). The van der Waals surface area contributed by atoms with E-state index in [4.69, 9.17) is 5.11 Å². The van der Waals surface area contributed by atoms with Crippen LogP contribution in [0, 0.1) is 5.92 Å². The highest BCUT2D eigenvalue weighted by Gasteiger charge is 2.31. The summed E-state index contributed by atoms with van der Waals surface area (Å²) in [5.41, 5.74) is -0.115. The molecule has 18 heavy (non-hydrogen) atoms. The first-order valence-corrected chi connectivity index (χ1v) is 6.57. The van der Waals surface area contributed by atoms with Crippen molar-refractivity contribution >= 4 is 11.9 Å². The maximum atomic E-state index is 11.8. The van der Waals surface area contributed by atoms with Crippen molar-refractivity contribution in [3.8, 4) is 0 Å². The summed E-state index contributed by atoms with van der Waals surface area (Å²) in [5.74, 6) is -1.36. The van der Waals surface area contributed by atoms with Crippen molar-refractivity contribution in [1.29, 1.82) is 0 Å². The third-order valence-electron chi connectivity index (χ3n) is 3.21. The van der Waals surface area contributed by atoms with Crippen molar-refractivity contribution in [3.63, 3.8) is 0 Å². The molecule has 0 spiro atoms. The first-order valence-electron chi connectivity index (χ1n) is 6.57. The van der Waals surface area contributed by atoms with Crippen molar-refractivity contribution in [2.45, 2.75) is 58.0 Å². The Morgan fingerprint density at radius 3 is 2.39 bits per heavy atom. The molecule has 2 unspecified atom stereocenters. The van der Waals surface area contributed by atoms with Crippen molar-refractivity contribution in [2.75, 3.05) is 6.54 Å². The standard InChI is InChI=1S/C13H24N2O3/c1-13(2,3)14-8-11(16)15-10-7-5-4-6-9(10)12(17)18/h9-10,14H,4-8H2,1-3H3,(H,15,16)(H,17,18). The van der Waals surface area contributed by atoms with E-state index in [2.05, 4.69) is 10.6 Å². The summed E-state index contributed by atoms with van der Waals surface area (Å²) < 4.78 is 0. The van der Waals surface area contributed by atoms with E-state index in [-0.39, 0.29) is 24.0 Å². The second-order valence-electron chi connectivity index (χ2n) is 6.01. The van der Waals surface area contributed by atoms with Gasteiger partial charge in [-0.25, -0.2) is 0 Å². The van der Waals surface area contributed by atoms with Gasteiger partial charge in [0.2, 0.25) is 5.91 Å². The molecule has 0 heterocycles. The molecule has 104 valence electrons. The lowest BCUT2D eigenvalue weighted by molar-refractivity contribution is -0.144. The summed E-state index contributed by atoms with van der Waals surface area (Å²) in [4.78, 5) is 22.9. The fourth-order valence-electron chi connectivity index (χ4n) is 2.20. The van der Waals surface area contributed by atoms with Gasteiger partial charge in [0.1, 0.15) is 0 Å². The zero-order valence-electron chi connectivity index (χ0n) is 11.5. The molecule has 5 heteroatoms. The minimum absolute atomic E-state index is 0.115. The predicted molar refractivity (Wildman–Crippen MR) is 69.3 cm³/mol. The van der Waals surface area contributed by atoms with Crippen molar-refractivity contribution in [2.24, 2.45) is 5.92 Å². The average molecular weight is 256 g/mol. The van der Waals surface area contributed by atoms with Crippen LogP contribution in [-0.2, 0) is 9.59 Å². The number of carboxylic acid groups (broad SMARTS) is 1. The predicted octanol–water partition coefficient (Wildman–Crippen LogP) is 1.13. The maximum absolute atomic E-state index is 11.8. The Morgan fingerprint density at radius 1 is 1.22 bits per heavy atom. The fourth-order valence-corrected chi connectivity index (χ4v) is 2.20. The quantitative estimate of drug-likeness (QED) is 0.704. The summed E-state index contributed by atoms with van der Waals surface area (Å²) in [7, 11) is 0. The van der Waals surface area contributed by atoms with Gasteiger partial charge in [0.05, 0.1) is 12.5 Å². The highest BCUT2D eigenvalue weighted by Crippen LogP contribution is 2.24. The van der Waals surface area contributed by atoms with Crippen LogP contribution in [-0.4, -0.2) is 35.1 Å². The molecule has 0 aromatic carbocycles. The van der Waals surface area contributed by atoms with E-state index in [0.29, 0.717) is 6.42 Å². The van der Waals surface area contributed by atoms with Crippen LogP contribution in [0.15, 0.2) is 0 Å². The van der Waals surface area contributed by atoms with Crippen LogP contribution in [0.3, 0.4) is 0 Å². The van der Waals surface area contributed by atoms with Crippen LogP contribution in [0.25, 0.3) is 0 Å². The van der Waals surface area contributed by atoms with Gasteiger partial charge in [0.25, 0.3) is 0 Å². The Kier molecular flexibility index (Phi) is 5.14. The number of hydrogen-bond acceptors (Lipinski definition) is 3. The van der Waals surface area contributed by atoms with E-state index >= 15 is 0 Å². The van der Waals surface area contributed by atoms with Gasteiger partial charge in [-0.1, -0.05) is 12.8 Å². The highest BCUT2D eigenvalue weighted by molar-refractivity contribution is 5.80. The van der Waals surface area contributed by atoms with Gasteiger partial charge in [0, 0.05) is 11.6 Å². The SMILES string of the molecule is CC(C)(C)NCC(=O)NC1CCCCC1C(=O)O. The van der Waals surface area contributed by atoms with E-state index in [0.717, 1.165) is 19.3 Å². The fraction of sp³-hybridized carbons (Fsp3) is 0.846. The second kappa shape index (κ2) is 6.18. The minimum atomic E-state index is -0.802. The number of amides is 1. The van der Waals surface area contributed by atoms with E-state index in [1.54, 1.807) is 0 Å². The van der Waals surface area contributed by atoms with Gasteiger partial charge in [-0.05, 0) is 33.6 Å². The van der Waals surface area contributed by atoms with Crippen LogP contribution in [0.5, 0.6) is 0 Å². The van der Waals surface area contributed by atoms with E-state index in [9.17, 15) is 9.59 Å². The molecule has 3 N–H and O–H groups in total. The zero-order valence-corrected chi connectivity index (χ0v) is 11.5. The minimum Gasteiger partial charge on any atom is -0.481 e. The molecule has 1 aliphatic carbocycles. The number of carbonyl (C=O) groups excluding carboxylic acids is 1. The van der Waals surface area contributed by atoms with Gasteiger partial charge in [0.15, 0.2) is 0 Å². The summed E-state index contributed by atoms with van der Waals surface area (Å²) >= 11 is 0. The third kappa shape index (κ3) is 5.04. The molecule has 1 fully saturated rings. The summed E-state index contributed by atoms with van der Waals surface area (Å²) in [6, 6.07) is -0.217. The Morgan fingerprint density at radius 2 is 1.83 bits per heavy atom. The largest absolute Gasteiger partial charge is 0.481 e. The highest BCUT2D eigenvalue weighted by atomic mass is 16.4. The first kappa shape index (κ1) is 15.0. The van der Waals surface area contributed by atoms with Gasteiger partial charge in [-0.2, -0.15) is 0 Å². The number of carboxylic acids is 1. The smallest absolute Gasteiger partial charge is 0.308 e. The lowest BCUT2D eigenvalue weighted by atomic mass is 9.84. The maximum Gasteiger partial charge on any atom is 0.308 e. The van der Waals surface area contributed by atoms with Gasteiger partial charge in [-0.3, -0.25) is 9.59 Å². The monoisotopic (exact) mass is 256 g/mol. The van der Waals surface area contributed by atoms with Crippen LogP contribution >= 0.6 is 0 Å².